The smallest absolute Gasteiger partial charge is 0.229 e. The summed E-state index contributed by atoms with van der Waals surface area (Å²) < 4.78 is 5.84. The van der Waals surface area contributed by atoms with Crippen LogP contribution in [0.5, 0.6) is 5.75 Å². The molecule has 0 amide bonds. The summed E-state index contributed by atoms with van der Waals surface area (Å²) in [6.07, 6.45) is 3.63. The van der Waals surface area contributed by atoms with Gasteiger partial charge in [-0.2, -0.15) is 0 Å². The Morgan fingerprint density at radius 2 is 2.07 bits per heavy atom. The molecule has 0 bridgehead atoms. The van der Waals surface area contributed by atoms with Gasteiger partial charge in [0.2, 0.25) is 9.04 Å². The molecular formula is C13H21OSi. The van der Waals surface area contributed by atoms with Crippen molar-refractivity contribution in [3.63, 3.8) is 0 Å². The molecular weight excluding hydrogens is 200 g/mol. The fourth-order valence-electron chi connectivity index (χ4n) is 1.50. The van der Waals surface area contributed by atoms with Crippen molar-refractivity contribution in [2.45, 2.75) is 39.3 Å². The largest absolute Gasteiger partial charge is 0.547 e. The second-order valence-corrected chi connectivity index (χ2v) is 6.55. The van der Waals surface area contributed by atoms with Crippen LogP contribution in [0.3, 0.4) is 0 Å². The average Bonchev–Trinajstić information content (AvgIpc) is 2.18. The Hall–Kier alpha value is -0.763. The molecule has 0 aliphatic heterocycles. The first kappa shape index (κ1) is 12.3. The molecule has 0 aliphatic rings. The molecule has 0 saturated heterocycles. The van der Waals surface area contributed by atoms with Gasteiger partial charge in [-0.1, -0.05) is 25.5 Å². The van der Waals surface area contributed by atoms with Gasteiger partial charge in [-0.05, 0) is 50.1 Å². The maximum atomic E-state index is 5.84. The molecule has 0 unspecified atom stereocenters. The van der Waals surface area contributed by atoms with Crippen molar-refractivity contribution >= 4 is 9.04 Å². The quantitative estimate of drug-likeness (QED) is 0.691. The van der Waals surface area contributed by atoms with E-state index in [2.05, 4.69) is 45.1 Å². The normalized spacial score (nSPS) is 10.7. The van der Waals surface area contributed by atoms with E-state index in [1.54, 1.807) is 0 Å². The molecule has 0 aliphatic carbocycles. The molecule has 1 aromatic carbocycles. The molecule has 0 N–H and O–H groups in total. The van der Waals surface area contributed by atoms with Gasteiger partial charge in [0.1, 0.15) is 5.75 Å². The number of benzene rings is 1. The summed E-state index contributed by atoms with van der Waals surface area (Å²) >= 11 is 0. The minimum absolute atomic E-state index is 0.991. The van der Waals surface area contributed by atoms with Gasteiger partial charge in [0.25, 0.3) is 0 Å². The Morgan fingerprint density at radius 1 is 1.33 bits per heavy atom. The molecule has 0 heterocycles. The van der Waals surface area contributed by atoms with Crippen molar-refractivity contribution < 1.29 is 4.43 Å². The molecule has 0 saturated carbocycles. The Morgan fingerprint density at radius 3 is 2.67 bits per heavy atom. The zero-order chi connectivity index (χ0) is 11.3. The zero-order valence-electron chi connectivity index (χ0n) is 10.0. The van der Waals surface area contributed by atoms with Crippen molar-refractivity contribution in [2.24, 2.45) is 0 Å². The highest BCUT2D eigenvalue weighted by atomic mass is 28.3. The van der Waals surface area contributed by atoms with Crippen LogP contribution in [0.2, 0.25) is 13.1 Å². The first-order chi connectivity index (χ1) is 7.13. The monoisotopic (exact) mass is 221 g/mol. The standard InChI is InChI=1S/C13H21OSi/c1-5-6-7-12-9-8-11(2)13(10-12)14-15(3)4/h8-10,15H,2,5-7H2,1,3-4H3. The van der Waals surface area contributed by atoms with Crippen LogP contribution >= 0.6 is 0 Å². The molecule has 83 valence electrons. The Kier molecular flexibility index (Phi) is 4.89. The van der Waals surface area contributed by atoms with Gasteiger partial charge < -0.3 is 4.43 Å². The van der Waals surface area contributed by atoms with Gasteiger partial charge in [-0.15, -0.1) is 0 Å². The number of hydrogen-bond donors (Lipinski definition) is 0. The van der Waals surface area contributed by atoms with E-state index in [1.807, 2.05) is 0 Å². The summed E-state index contributed by atoms with van der Waals surface area (Å²) in [5.41, 5.74) is 2.38. The number of aryl methyl sites for hydroxylation is 1. The zero-order valence-corrected chi connectivity index (χ0v) is 11.2. The summed E-state index contributed by atoms with van der Waals surface area (Å²) in [5.74, 6) is 0.991. The van der Waals surface area contributed by atoms with Crippen LogP contribution in [-0.2, 0) is 6.42 Å². The van der Waals surface area contributed by atoms with Gasteiger partial charge in [-0.25, -0.2) is 0 Å². The summed E-state index contributed by atoms with van der Waals surface area (Å²) in [6.45, 7) is 10.6. The van der Waals surface area contributed by atoms with Gasteiger partial charge >= 0.3 is 0 Å². The molecule has 1 radical (unpaired) electrons. The van der Waals surface area contributed by atoms with E-state index >= 15 is 0 Å². The van der Waals surface area contributed by atoms with Crippen molar-refractivity contribution in [3.05, 3.63) is 36.2 Å². The fraction of sp³-hybridized carbons (Fsp3) is 0.462. The minimum Gasteiger partial charge on any atom is -0.547 e. The number of rotatable bonds is 5. The molecule has 0 spiro atoms. The SMILES string of the molecule is [CH2]c1ccc(CCCC)cc1O[SiH](C)C. The minimum atomic E-state index is -1.01. The second kappa shape index (κ2) is 5.96. The van der Waals surface area contributed by atoms with Crippen molar-refractivity contribution in [1.29, 1.82) is 0 Å². The first-order valence-corrected chi connectivity index (χ1v) is 8.53. The molecule has 15 heavy (non-hydrogen) atoms. The average molecular weight is 221 g/mol. The summed E-state index contributed by atoms with van der Waals surface area (Å²) in [5, 5.41) is 0. The Bertz CT molecular complexity index is 307. The molecule has 0 aromatic heterocycles. The molecule has 1 nitrogen and oxygen atoms in total. The summed E-state index contributed by atoms with van der Waals surface area (Å²) in [6, 6.07) is 6.38. The summed E-state index contributed by atoms with van der Waals surface area (Å²) in [7, 11) is -1.01. The molecule has 1 rings (SSSR count). The van der Waals surface area contributed by atoms with Gasteiger partial charge in [0, 0.05) is 0 Å². The van der Waals surface area contributed by atoms with Crippen LogP contribution in [0.1, 0.15) is 30.9 Å². The maximum absolute atomic E-state index is 5.84. The number of hydrogen-bond acceptors (Lipinski definition) is 1. The first-order valence-electron chi connectivity index (χ1n) is 5.75. The summed E-state index contributed by atoms with van der Waals surface area (Å²) in [4.78, 5) is 0. The van der Waals surface area contributed by atoms with Crippen molar-refractivity contribution in [1.82, 2.24) is 0 Å². The van der Waals surface area contributed by atoms with Gasteiger partial charge in [0.15, 0.2) is 0 Å². The Balaban J connectivity index is 2.75. The lowest BCUT2D eigenvalue weighted by atomic mass is 10.1. The molecule has 2 heteroatoms. The van der Waals surface area contributed by atoms with Crippen molar-refractivity contribution in [3.8, 4) is 5.75 Å². The fourth-order valence-corrected chi connectivity index (χ4v) is 2.23. The predicted molar refractivity (Wildman–Crippen MR) is 69.0 cm³/mol. The van der Waals surface area contributed by atoms with Crippen LogP contribution in [0.4, 0.5) is 0 Å². The van der Waals surface area contributed by atoms with Crippen LogP contribution in [0.15, 0.2) is 18.2 Å². The molecule has 0 atom stereocenters. The second-order valence-electron chi connectivity index (χ2n) is 4.21. The van der Waals surface area contributed by atoms with E-state index in [9.17, 15) is 0 Å². The molecule has 1 aromatic rings. The van der Waals surface area contributed by atoms with Crippen LogP contribution in [0.25, 0.3) is 0 Å². The third kappa shape index (κ3) is 4.08. The lowest BCUT2D eigenvalue weighted by Gasteiger charge is -2.13. The van der Waals surface area contributed by atoms with Crippen LogP contribution < -0.4 is 4.43 Å². The highest BCUT2D eigenvalue weighted by Crippen LogP contribution is 2.21. The highest BCUT2D eigenvalue weighted by Gasteiger charge is 2.04. The van der Waals surface area contributed by atoms with Crippen molar-refractivity contribution in [2.75, 3.05) is 0 Å². The lowest BCUT2D eigenvalue weighted by Crippen LogP contribution is -2.12. The van der Waals surface area contributed by atoms with Gasteiger partial charge in [-0.3, -0.25) is 0 Å². The highest BCUT2D eigenvalue weighted by molar-refractivity contribution is 6.49. The maximum Gasteiger partial charge on any atom is 0.229 e. The lowest BCUT2D eigenvalue weighted by molar-refractivity contribution is 0.576. The van der Waals surface area contributed by atoms with E-state index < -0.39 is 9.04 Å². The number of unbranched alkanes of at least 4 members (excludes halogenated alkanes) is 1. The topological polar surface area (TPSA) is 9.23 Å². The molecule has 0 fully saturated rings. The Labute approximate surface area is 95.2 Å². The van der Waals surface area contributed by atoms with E-state index in [-0.39, 0.29) is 0 Å². The van der Waals surface area contributed by atoms with E-state index in [1.165, 1.54) is 18.4 Å². The third-order valence-electron chi connectivity index (χ3n) is 2.31. The van der Waals surface area contributed by atoms with E-state index in [0.717, 1.165) is 17.7 Å². The predicted octanol–water partition coefficient (Wildman–Crippen LogP) is 3.57. The van der Waals surface area contributed by atoms with Crippen LogP contribution in [0, 0.1) is 6.92 Å². The van der Waals surface area contributed by atoms with Crippen LogP contribution in [-0.4, -0.2) is 9.04 Å². The van der Waals surface area contributed by atoms with E-state index in [4.69, 9.17) is 4.43 Å². The van der Waals surface area contributed by atoms with Gasteiger partial charge in [0.05, 0.1) is 0 Å². The van der Waals surface area contributed by atoms with E-state index in [0.29, 0.717) is 0 Å². The third-order valence-corrected chi connectivity index (χ3v) is 3.04.